The Hall–Kier alpha value is -2.17. The van der Waals surface area contributed by atoms with Gasteiger partial charge in [-0.2, -0.15) is 0 Å². The summed E-state index contributed by atoms with van der Waals surface area (Å²) in [6, 6.07) is 8.60. The zero-order valence-electron chi connectivity index (χ0n) is 17.2. The number of nitrogens with two attached hydrogens (primary N) is 1. The summed E-state index contributed by atoms with van der Waals surface area (Å²) >= 11 is 13.9. The lowest BCUT2D eigenvalue weighted by atomic mass is 9.81. The van der Waals surface area contributed by atoms with Crippen molar-refractivity contribution in [3.8, 4) is 5.75 Å². The number of aromatic nitrogens is 1. The number of hydrogen-bond acceptors (Lipinski definition) is 6. The molecule has 0 radical (unpaired) electrons. The van der Waals surface area contributed by atoms with Crippen molar-refractivity contribution in [2.24, 2.45) is 11.7 Å². The highest BCUT2D eigenvalue weighted by Gasteiger charge is 2.28. The summed E-state index contributed by atoms with van der Waals surface area (Å²) in [7, 11) is -3.93. The van der Waals surface area contributed by atoms with Crippen molar-refractivity contribution in [3.63, 3.8) is 0 Å². The van der Waals surface area contributed by atoms with Gasteiger partial charge < -0.3 is 10.5 Å². The molecule has 0 aliphatic heterocycles. The first-order valence-corrected chi connectivity index (χ1v) is 13.2. The van der Waals surface area contributed by atoms with Gasteiger partial charge in [0.25, 0.3) is 10.0 Å². The second kappa shape index (κ2) is 9.99. The summed E-state index contributed by atoms with van der Waals surface area (Å²) in [5, 5.41) is 1.67. The molecule has 2 unspecified atom stereocenters. The summed E-state index contributed by atoms with van der Waals surface area (Å²) in [6.45, 7) is 0.174. The molecule has 0 saturated carbocycles. The van der Waals surface area contributed by atoms with E-state index in [4.69, 9.17) is 33.7 Å². The first-order chi connectivity index (χ1) is 15.7. The molecule has 4 rings (SSSR count). The maximum absolute atomic E-state index is 13.4. The van der Waals surface area contributed by atoms with Crippen molar-refractivity contribution < 1.29 is 17.5 Å². The molecule has 1 heterocycles. The number of rotatable bonds is 7. The Balaban J connectivity index is 1.54. The molecule has 1 aromatic heterocycles. The quantitative estimate of drug-likeness (QED) is 0.417. The SMILES string of the molecule is NC1CCC=C(c2ccc(F)cc2)C1COc1c(Cl)cc(S(=O)(=O)Nc2cscn2)cc1Cl. The first-order valence-electron chi connectivity index (χ1n) is 9.99. The summed E-state index contributed by atoms with van der Waals surface area (Å²) < 4.78 is 46.9. The summed E-state index contributed by atoms with van der Waals surface area (Å²) in [6.07, 6.45) is 3.66. The van der Waals surface area contributed by atoms with E-state index in [1.54, 1.807) is 17.5 Å². The standard InChI is InChI=1S/C22H20Cl2FN3O3S2/c23-18-8-15(33(29,30)28-21-11-32-12-27-21)9-19(24)22(18)31-10-17-16(2-1-3-20(17)26)13-4-6-14(25)7-5-13/h2,4-9,11-12,17,20,28H,1,3,10,26H2. The van der Waals surface area contributed by atoms with Crippen LogP contribution in [0.3, 0.4) is 0 Å². The van der Waals surface area contributed by atoms with E-state index in [9.17, 15) is 12.8 Å². The molecule has 0 fully saturated rings. The molecule has 0 saturated heterocycles. The smallest absolute Gasteiger partial charge is 0.263 e. The number of anilines is 1. The third-order valence-corrected chi connectivity index (χ3v) is 7.80. The fourth-order valence-corrected chi connectivity index (χ4v) is 6.00. The van der Waals surface area contributed by atoms with Gasteiger partial charge in [-0.25, -0.2) is 17.8 Å². The van der Waals surface area contributed by atoms with E-state index in [2.05, 4.69) is 15.8 Å². The van der Waals surface area contributed by atoms with Crippen LogP contribution < -0.4 is 15.2 Å². The Morgan fingerprint density at radius 2 is 1.91 bits per heavy atom. The van der Waals surface area contributed by atoms with E-state index in [0.717, 1.165) is 24.0 Å². The highest BCUT2D eigenvalue weighted by Crippen LogP contribution is 2.38. The summed E-state index contributed by atoms with van der Waals surface area (Å²) in [4.78, 5) is 3.80. The Morgan fingerprint density at radius 1 is 1.21 bits per heavy atom. The molecule has 0 amide bonds. The minimum Gasteiger partial charge on any atom is -0.490 e. The summed E-state index contributed by atoms with van der Waals surface area (Å²) in [5.74, 6) is -0.114. The van der Waals surface area contributed by atoms with Crippen LogP contribution in [0.2, 0.25) is 10.0 Å². The fraction of sp³-hybridized carbons (Fsp3) is 0.227. The fourth-order valence-electron chi connectivity index (χ4n) is 3.66. The number of allylic oxidation sites excluding steroid dienone is 1. The zero-order chi connectivity index (χ0) is 23.6. The van der Waals surface area contributed by atoms with Gasteiger partial charge in [-0.3, -0.25) is 4.72 Å². The lowest BCUT2D eigenvalue weighted by Crippen LogP contribution is -2.36. The number of hydrogen-bond donors (Lipinski definition) is 2. The van der Waals surface area contributed by atoms with E-state index in [-0.39, 0.29) is 50.9 Å². The van der Waals surface area contributed by atoms with E-state index in [0.29, 0.717) is 0 Å². The maximum Gasteiger partial charge on any atom is 0.263 e. The largest absolute Gasteiger partial charge is 0.490 e. The van der Waals surface area contributed by atoms with Crippen molar-refractivity contribution in [2.75, 3.05) is 11.3 Å². The van der Waals surface area contributed by atoms with Gasteiger partial charge in [-0.05, 0) is 48.2 Å². The molecule has 1 aliphatic carbocycles. The normalized spacial score (nSPS) is 18.6. The van der Waals surface area contributed by atoms with Crippen LogP contribution in [0.25, 0.3) is 5.57 Å². The van der Waals surface area contributed by atoms with E-state index < -0.39 is 10.0 Å². The lowest BCUT2D eigenvalue weighted by molar-refractivity contribution is 0.253. The van der Waals surface area contributed by atoms with Gasteiger partial charge in [0.2, 0.25) is 0 Å². The molecule has 11 heteroatoms. The van der Waals surface area contributed by atoms with Crippen molar-refractivity contribution in [3.05, 3.63) is 74.8 Å². The number of sulfonamides is 1. The van der Waals surface area contributed by atoms with Gasteiger partial charge in [0.1, 0.15) is 5.82 Å². The van der Waals surface area contributed by atoms with E-state index >= 15 is 0 Å². The molecule has 33 heavy (non-hydrogen) atoms. The highest BCUT2D eigenvalue weighted by atomic mass is 35.5. The molecule has 3 aromatic rings. The third kappa shape index (κ3) is 5.50. The van der Waals surface area contributed by atoms with Crippen LogP contribution in [0.4, 0.5) is 10.2 Å². The van der Waals surface area contributed by atoms with Gasteiger partial charge in [-0.15, -0.1) is 11.3 Å². The van der Waals surface area contributed by atoms with Gasteiger partial charge >= 0.3 is 0 Å². The minimum atomic E-state index is -3.93. The van der Waals surface area contributed by atoms with Crippen molar-refractivity contribution >= 4 is 56.0 Å². The lowest BCUT2D eigenvalue weighted by Gasteiger charge is -2.30. The molecule has 3 N–H and O–H groups in total. The van der Waals surface area contributed by atoms with Crippen LogP contribution >= 0.6 is 34.5 Å². The molecule has 174 valence electrons. The Kier molecular flexibility index (Phi) is 7.25. The van der Waals surface area contributed by atoms with E-state index in [1.165, 1.54) is 41.1 Å². The van der Waals surface area contributed by atoms with Gasteiger partial charge in [0, 0.05) is 17.3 Å². The second-order valence-corrected chi connectivity index (χ2v) is 10.7. The molecule has 2 atom stereocenters. The summed E-state index contributed by atoms with van der Waals surface area (Å²) in [5.41, 5.74) is 9.72. The van der Waals surface area contributed by atoms with Crippen molar-refractivity contribution in [1.29, 1.82) is 0 Å². The van der Waals surface area contributed by atoms with Crippen molar-refractivity contribution in [2.45, 2.75) is 23.8 Å². The van der Waals surface area contributed by atoms with Crippen LogP contribution in [0, 0.1) is 11.7 Å². The third-order valence-electron chi connectivity index (χ3n) is 5.32. The zero-order valence-corrected chi connectivity index (χ0v) is 20.3. The Morgan fingerprint density at radius 3 is 2.55 bits per heavy atom. The average molecular weight is 528 g/mol. The monoisotopic (exact) mass is 527 g/mol. The molecule has 2 aromatic carbocycles. The number of nitrogens with zero attached hydrogens (tertiary/aromatic N) is 1. The van der Waals surface area contributed by atoms with E-state index in [1.807, 2.05) is 0 Å². The first kappa shape index (κ1) is 24.0. The minimum absolute atomic E-state index is 0.0536. The predicted octanol–water partition coefficient (Wildman–Crippen LogP) is 5.59. The van der Waals surface area contributed by atoms with Crippen molar-refractivity contribution in [1.82, 2.24) is 4.98 Å². The number of thiazole rings is 1. The topological polar surface area (TPSA) is 94.3 Å². The van der Waals surface area contributed by atoms with Gasteiger partial charge in [0.15, 0.2) is 11.6 Å². The molecule has 6 nitrogen and oxygen atoms in total. The Bertz CT molecular complexity index is 1240. The van der Waals surface area contributed by atoms with Crippen LogP contribution in [-0.4, -0.2) is 26.1 Å². The molecule has 1 aliphatic rings. The number of nitrogens with one attached hydrogen (secondary N) is 1. The molecular weight excluding hydrogens is 508 g/mol. The molecule has 0 spiro atoms. The maximum atomic E-state index is 13.4. The van der Waals surface area contributed by atoms with Crippen LogP contribution in [0.1, 0.15) is 18.4 Å². The number of ether oxygens (including phenoxy) is 1. The molecule has 0 bridgehead atoms. The average Bonchev–Trinajstić information content (AvgIpc) is 3.27. The predicted molar refractivity (Wildman–Crippen MR) is 130 cm³/mol. The highest BCUT2D eigenvalue weighted by molar-refractivity contribution is 7.92. The second-order valence-electron chi connectivity index (χ2n) is 7.52. The van der Waals surface area contributed by atoms with Gasteiger partial charge in [0.05, 0.1) is 27.1 Å². The van der Waals surface area contributed by atoms with Crippen LogP contribution in [0.15, 0.2) is 58.3 Å². The van der Waals surface area contributed by atoms with Gasteiger partial charge in [-0.1, -0.05) is 41.4 Å². The number of halogens is 3. The molecular formula is C22H20Cl2FN3O3S2. The number of benzene rings is 2. The van der Waals surface area contributed by atoms with Crippen LogP contribution in [0.5, 0.6) is 5.75 Å². The van der Waals surface area contributed by atoms with Crippen LogP contribution in [-0.2, 0) is 10.0 Å². The Labute approximate surface area is 205 Å².